The first-order chi connectivity index (χ1) is 11.5. The molecule has 0 amide bonds. The molecule has 0 bridgehead atoms. The van der Waals surface area contributed by atoms with Crippen LogP contribution in [-0.4, -0.2) is 18.0 Å². The number of anilines is 1. The fourth-order valence-corrected chi connectivity index (χ4v) is 3.24. The van der Waals surface area contributed by atoms with Crippen LogP contribution in [0, 0.1) is 11.0 Å². The van der Waals surface area contributed by atoms with Crippen molar-refractivity contribution in [2.24, 2.45) is 0 Å². The number of hydrogen-bond donors (Lipinski definition) is 2. The van der Waals surface area contributed by atoms with E-state index in [1.54, 1.807) is 24.3 Å². The summed E-state index contributed by atoms with van der Waals surface area (Å²) in [5.74, 6) is -0.435. The van der Waals surface area contributed by atoms with Crippen molar-refractivity contribution in [2.45, 2.75) is 31.3 Å². The highest BCUT2D eigenvalue weighted by molar-refractivity contribution is 5.89. The lowest BCUT2D eigenvalue weighted by Crippen LogP contribution is -2.61. The summed E-state index contributed by atoms with van der Waals surface area (Å²) in [5.41, 5.74) is 0.345. The zero-order valence-corrected chi connectivity index (χ0v) is 13.5. The lowest BCUT2D eigenvalue weighted by atomic mass is 9.83. The summed E-state index contributed by atoms with van der Waals surface area (Å²) in [6, 6.07) is 11.2. The Kier molecular flexibility index (Phi) is 4.49. The van der Waals surface area contributed by atoms with Gasteiger partial charge in [-0.15, -0.1) is 0 Å². The first-order valence-corrected chi connectivity index (χ1v) is 7.98. The first kappa shape index (κ1) is 16.4. The molecular weight excluding hydrogens is 309 g/mol. The first-order valence-electron chi connectivity index (χ1n) is 7.98. The number of Topliss-reactive ketones (excluding diaryl/α,β-unsaturated/α-hetero) is 1. The molecule has 2 N–H and O–H groups in total. The number of nitrogens with one attached hydrogen (secondary N) is 2. The van der Waals surface area contributed by atoms with E-state index in [9.17, 15) is 14.4 Å². The van der Waals surface area contributed by atoms with Crippen molar-refractivity contribution in [1.82, 2.24) is 5.32 Å². The van der Waals surface area contributed by atoms with Crippen LogP contribution in [0.25, 0.3) is 0 Å². The van der Waals surface area contributed by atoms with Gasteiger partial charge in [-0.25, -0.2) is 4.39 Å². The highest BCUT2D eigenvalue weighted by atomic mass is 19.1. The van der Waals surface area contributed by atoms with Crippen molar-refractivity contribution in [3.05, 3.63) is 65.4 Å². The highest BCUT2D eigenvalue weighted by Gasteiger charge is 2.42. The van der Waals surface area contributed by atoms with Crippen LogP contribution < -0.4 is 15.4 Å². The number of pyridine rings is 1. The number of carbonyl (C=O) groups is 1. The average Bonchev–Trinajstić information content (AvgIpc) is 2.57. The number of ketones is 1. The molecule has 3 rings (SSSR count). The van der Waals surface area contributed by atoms with Crippen LogP contribution in [-0.2, 0) is 4.79 Å². The Hall–Kier alpha value is -2.47. The molecule has 0 saturated carbocycles. The fraction of sp³-hybridized carbons (Fsp3) is 0.333. The van der Waals surface area contributed by atoms with Gasteiger partial charge in [0.05, 0.1) is 5.92 Å². The van der Waals surface area contributed by atoms with E-state index in [0.29, 0.717) is 24.3 Å². The minimum Gasteiger partial charge on any atom is -0.618 e. The molecule has 2 aromatic rings. The lowest BCUT2D eigenvalue weighted by molar-refractivity contribution is -0.616. The van der Waals surface area contributed by atoms with Crippen LogP contribution in [0.2, 0.25) is 0 Å². The Morgan fingerprint density at radius 3 is 2.75 bits per heavy atom. The van der Waals surface area contributed by atoms with Crippen LogP contribution in [0.4, 0.5) is 10.1 Å². The normalized spacial score (nSPS) is 23.7. The Labute approximate surface area is 140 Å². The number of benzene rings is 1. The van der Waals surface area contributed by atoms with Gasteiger partial charge in [-0.1, -0.05) is 6.07 Å². The van der Waals surface area contributed by atoms with E-state index in [1.807, 2.05) is 6.07 Å². The third-order valence-electron chi connectivity index (χ3n) is 4.55. The third-order valence-corrected chi connectivity index (χ3v) is 4.55. The van der Waals surface area contributed by atoms with Crippen molar-refractivity contribution < 1.29 is 13.9 Å². The largest absolute Gasteiger partial charge is 0.618 e. The maximum absolute atomic E-state index is 13.1. The van der Waals surface area contributed by atoms with E-state index in [0.717, 1.165) is 11.2 Å². The lowest BCUT2D eigenvalue weighted by Gasteiger charge is -2.40. The summed E-state index contributed by atoms with van der Waals surface area (Å²) in [6.07, 6.45) is 2.69. The van der Waals surface area contributed by atoms with Crippen LogP contribution in [0.5, 0.6) is 0 Å². The average molecular weight is 329 g/mol. The quantitative estimate of drug-likeness (QED) is 0.667. The molecule has 1 fully saturated rings. The summed E-state index contributed by atoms with van der Waals surface area (Å²) in [6.45, 7) is 2.12. The molecule has 0 aliphatic carbocycles. The Morgan fingerprint density at radius 2 is 2.08 bits per heavy atom. The van der Waals surface area contributed by atoms with Gasteiger partial charge in [-0.3, -0.25) is 10.1 Å². The van der Waals surface area contributed by atoms with Gasteiger partial charge in [0.2, 0.25) is 0 Å². The molecule has 6 heteroatoms. The second-order valence-electron chi connectivity index (χ2n) is 6.16. The second-order valence-corrected chi connectivity index (χ2v) is 6.16. The van der Waals surface area contributed by atoms with E-state index in [-0.39, 0.29) is 17.5 Å². The SMILES string of the molecule is CC(=O)C1(Nc2ccc(F)cc2)CC(c2cccc[n+]2[O-])CCN1. The molecule has 2 heterocycles. The number of nitrogens with zero attached hydrogens (tertiary/aromatic N) is 1. The summed E-state index contributed by atoms with van der Waals surface area (Å²) < 4.78 is 14.0. The zero-order valence-electron chi connectivity index (χ0n) is 13.5. The topological polar surface area (TPSA) is 68.1 Å². The van der Waals surface area contributed by atoms with Crippen LogP contribution in [0.1, 0.15) is 31.4 Å². The molecule has 5 nitrogen and oxygen atoms in total. The molecule has 1 saturated heterocycles. The molecule has 0 spiro atoms. The monoisotopic (exact) mass is 329 g/mol. The maximum Gasteiger partial charge on any atom is 0.196 e. The van der Waals surface area contributed by atoms with Gasteiger partial charge in [-0.05, 0) is 44.2 Å². The van der Waals surface area contributed by atoms with Crippen molar-refractivity contribution in [2.75, 3.05) is 11.9 Å². The van der Waals surface area contributed by atoms with E-state index in [1.165, 1.54) is 25.3 Å². The number of hydrogen-bond acceptors (Lipinski definition) is 4. The Balaban J connectivity index is 1.88. The molecule has 1 aliphatic rings. The summed E-state index contributed by atoms with van der Waals surface area (Å²) in [7, 11) is 0. The van der Waals surface area contributed by atoms with Gasteiger partial charge < -0.3 is 10.5 Å². The summed E-state index contributed by atoms with van der Waals surface area (Å²) in [5, 5.41) is 18.5. The van der Waals surface area contributed by atoms with Crippen LogP contribution in [0.3, 0.4) is 0 Å². The number of piperidine rings is 1. The van der Waals surface area contributed by atoms with Crippen molar-refractivity contribution in [3.8, 4) is 0 Å². The maximum atomic E-state index is 13.1. The number of carbonyl (C=O) groups excluding carboxylic acids is 1. The molecule has 0 radical (unpaired) electrons. The van der Waals surface area contributed by atoms with Crippen LogP contribution >= 0.6 is 0 Å². The standard InChI is InChI=1S/C18H20FN3O2/c1-13(23)18(21-16-7-5-15(19)6-8-16)12-14(9-10-20-18)17-4-2-3-11-22(17)24/h2-8,11,14,20-21H,9-10,12H2,1H3. The van der Waals surface area contributed by atoms with Crippen molar-refractivity contribution in [1.29, 1.82) is 0 Å². The second kappa shape index (κ2) is 6.57. The fourth-order valence-electron chi connectivity index (χ4n) is 3.24. The van der Waals surface area contributed by atoms with Gasteiger partial charge in [0.1, 0.15) is 11.5 Å². The summed E-state index contributed by atoms with van der Waals surface area (Å²) in [4.78, 5) is 12.4. The van der Waals surface area contributed by atoms with E-state index in [4.69, 9.17) is 0 Å². The minimum atomic E-state index is -0.969. The molecule has 1 aliphatic heterocycles. The smallest absolute Gasteiger partial charge is 0.196 e. The van der Waals surface area contributed by atoms with Gasteiger partial charge in [0.25, 0.3) is 0 Å². The molecule has 126 valence electrons. The Morgan fingerprint density at radius 1 is 1.33 bits per heavy atom. The van der Waals surface area contributed by atoms with Crippen LogP contribution in [0.15, 0.2) is 48.7 Å². The van der Waals surface area contributed by atoms with E-state index >= 15 is 0 Å². The molecular formula is C18H20FN3O2. The molecule has 2 atom stereocenters. The van der Waals surface area contributed by atoms with Crippen molar-refractivity contribution in [3.63, 3.8) is 0 Å². The predicted octanol–water partition coefficient (Wildman–Crippen LogP) is 2.32. The molecule has 2 unspecified atom stereocenters. The zero-order chi connectivity index (χ0) is 17.2. The third kappa shape index (κ3) is 3.23. The van der Waals surface area contributed by atoms with Gasteiger partial charge in [0, 0.05) is 24.2 Å². The number of aromatic nitrogens is 1. The highest BCUT2D eigenvalue weighted by Crippen LogP contribution is 2.32. The minimum absolute atomic E-state index is 0.0400. The van der Waals surface area contributed by atoms with Crippen molar-refractivity contribution >= 4 is 11.5 Å². The van der Waals surface area contributed by atoms with Gasteiger partial charge in [-0.2, -0.15) is 4.73 Å². The summed E-state index contributed by atoms with van der Waals surface area (Å²) >= 11 is 0. The molecule has 1 aromatic carbocycles. The van der Waals surface area contributed by atoms with E-state index in [2.05, 4.69) is 10.6 Å². The molecule has 1 aromatic heterocycles. The number of halogens is 1. The van der Waals surface area contributed by atoms with Gasteiger partial charge in [0.15, 0.2) is 17.7 Å². The predicted molar refractivity (Wildman–Crippen MR) is 88.8 cm³/mol. The number of rotatable bonds is 4. The van der Waals surface area contributed by atoms with E-state index < -0.39 is 5.66 Å². The van der Waals surface area contributed by atoms with Gasteiger partial charge >= 0.3 is 0 Å². The Bertz CT molecular complexity index is 735. The molecule has 24 heavy (non-hydrogen) atoms.